The molecule has 0 aromatic heterocycles. The number of aryl methyl sites for hydroxylation is 4. The van der Waals surface area contributed by atoms with Gasteiger partial charge in [-0.05, 0) is 128 Å². The van der Waals surface area contributed by atoms with Crippen molar-refractivity contribution in [1.82, 2.24) is 0 Å². The van der Waals surface area contributed by atoms with E-state index < -0.39 is 0 Å². The van der Waals surface area contributed by atoms with Crippen LogP contribution in [0.3, 0.4) is 0 Å². The Kier molecular flexibility index (Phi) is 6.26. The molecule has 212 valence electrons. The first-order valence-corrected chi connectivity index (χ1v) is 16.1. The minimum Gasteiger partial charge on any atom is -0.311 e. The lowest BCUT2D eigenvalue weighted by Crippen LogP contribution is -2.61. The number of rotatable bonds is 3. The highest BCUT2D eigenvalue weighted by molar-refractivity contribution is 7.00. The Morgan fingerprint density at radius 2 is 1.14 bits per heavy atom. The van der Waals surface area contributed by atoms with E-state index in [4.69, 9.17) is 0 Å². The predicted octanol–water partition coefficient (Wildman–Crippen LogP) is 9.05. The minimum absolute atomic E-state index is 0.181. The van der Waals surface area contributed by atoms with E-state index in [-0.39, 0.29) is 6.71 Å². The van der Waals surface area contributed by atoms with Crippen LogP contribution in [-0.4, -0.2) is 6.71 Å². The zero-order chi connectivity index (χ0) is 29.2. The van der Waals surface area contributed by atoms with Crippen LogP contribution in [-0.2, 0) is 0 Å². The summed E-state index contributed by atoms with van der Waals surface area (Å²) >= 11 is 0. The molecule has 0 radical (unpaired) electrons. The molecule has 1 aliphatic carbocycles. The van der Waals surface area contributed by atoms with Crippen LogP contribution < -0.4 is 26.2 Å². The molecule has 0 bridgehead atoms. The maximum Gasteiger partial charge on any atom is 0.252 e. The van der Waals surface area contributed by atoms with Crippen LogP contribution >= 0.6 is 0 Å². The van der Waals surface area contributed by atoms with Crippen molar-refractivity contribution in [2.24, 2.45) is 0 Å². The van der Waals surface area contributed by atoms with Crippen molar-refractivity contribution in [2.75, 3.05) is 9.80 Å². The monoisotopic (exact) mass is 558 g/mol. The number of nitrogens with zero attached hydrogens (tertiary/aromatic N) is 2. The highest BCUT2D eigenvalue weighted by atomic mass is 15.2. The zero-order valence-electron chi connectivity index (χ0n) is 25.8. The fraction of sp³-hybridized carbons (Fsp3) is 0.250. The molecule has 1 fully saturated rings. The van der Waals surface area contributed by atoms with E-state index in [1.807, 2.05) is 0 Å². The van der Waals surface area contributed by atoms with Gasteiger partial charge in [0.15, 0.2) is 0 Å². The zero-order valence-corrected chi connectivity index (χ0v) is 25.8. The van der Waals surface area contributed by atoms with Crippen LogP contribution in [0.15, 0.2) is 97.1 Å². The average molecular weight is 559 g/mol. The van der Waals surface area contributed by atoms with Crippen molar-refractivity contribution in [3.05, 3.63) is 125 Å². The molecule has 1 saturated carbocycles. The van der Waals surface area contributed by atoms with E-state index in [0.29, 0.717) is 5.92 Å². The Balaban J connectivity index is 1.48. The third-order valence-corrected chi connectivity index (χ3v) is 9.99. The van der Waals surface area contributed by atoms with Crippen molar-refractivity contribution in [1.29, 1.82) is 0 Å². The lowest BCUT2D eigenvalue weighted by Gasteiger charge is -2.45. The topological polar surface area (TPSA) is 6.48 Å². The summed E-state index contributed by atoms with van der Waals surface area (Å²) in [7, 11) is 0. The first kappa shape index (κ1) is 26.4. The van der Waals surface area contributed by atoms with E-state index >= 15 is 0 Å². The molecule has 0 spiro atoms. The molecule has 8 rings (SSSR count). The van der Waals surface area contributed by atoms with Crippen LogP contribution in [0.4, 0.5) is 34.1 Å². The van der Waals surface area contributed by atoms with Crippen molar-refractivity contribution in [3.8, 4) is 0 Å². The van der Waals surface area contributed by atoms with Crippen LogP contribution in [0.25, 0.3) is 0 Å². The van der Waals surface area contributed by atoms with E-state index in [9.17, 15) is 0 Å². The smallest absolute Gasteiger partial charge is 0.252 e. The maximum atomic E-state index is 2.58. The quantitative estimate of drug-likeness (QED) is 0.200. The van der Waals surface area contributed by atoms with Crippen molar-refractivity contribution in [2.45, 2.75) is 65.7 Å². The van der Waals surface area contributed by atoms with Gasteiger partial charge < -0.3 is 9.80 Å². The number of benzene rings is 5. The number of hydrogen-bond donors (Lipinski definition) is 0. The molecule has 0 unspecified atom stereocenters. The average Bonchev–Trinajstić information content (AvgIpc) is 3.01. The Hall–Kier alpha value is -4.24. The highest BCUT2D eigenvalue weighted by Gasteiger charge is 2.43. The number of anilines is 6. The standard InChI is InChI=1S/C40H39BN2/c1-26-14-17-32(18-15-26)42-36-13-9-8-12-34(36)41-35-23-27(2)16-19-37(35)43(33-21-28(3)20-29(4)22-33)39-25-31(24-38(42)40(39)41)30-10-6-5-7-11-30/h8-9,12-25,30H,5-7,10-11H2,1-4H3. The molecular formula is C40H39BN2. The number of hydrogen-bond acceptors (Lipinski definition) is 2. The van der Waals surface area contributed by atoms with E-state index in [0.717, 1.165) is 0 Å². The highest BCUT2D eigenvalue weighted by Crippen LogP contribution is 2.47. The summed E-state index contributed by atoms with van der Waals surface area (Å²) in [6, 6.07) is 37.5. The van der Waals surface area contributed by atoms with E-state index in [1.54, 1.807) is 0 Å². The molecule has 0 saturated heterocycles. The molecule has 2 aliphatic heterocycles. The third kappa shape index (κ3) is 4.32. The molecule has 43 heavy (non-hydrogen) atoms. The summed E-state index contributed by atoms with van der Waals surface area (Å²) in [6.45, 7) is 9.04. The van der Waals surface area contributed by atoms with Gasteiger partial charge in [0, 0.05) is 34.1 Å². The second-order valence-electron chi connectivity index (χ2n) is 13.2. The molecule has 2 nitrogen and oxygen atoms in total. The molecule has 5 aromatic carbocycles. The molecular weight excluding hydrogens is 519 g/mol. The third-order valence-electron chi connectivity index (χ3n) is 9.99. The second kappa shape index (κ2) is 10.2. The maximum absolute atomic E-state index is 2.58. The summed E-state index contributed by atoms with van der Waals surface area (Å²) in [5.74, 6) is 0.603. The second-order valence-corrected chi connectivity index (χ2v) is 13.2. The number of para-hydroxylation sites is 1. The normalized spacial score (nSPS) is 15.7. The van der Waals surface area contributed by atoms with Gasteiger partial charge in [0.05, 0.1) is 0 Å². The van der Waals surface area contributed by atoms with Gasteiger partial charge in [0.2, 0.25) is 0 Å². The summed E-state index contributed by atoms with van der Waals surface area (Å²) in [5, 5.41) is 0. The Labute approximate surface area is 257 Å². The summed E-state index contributed by atoms with van der Waals surface area (Å²) in [6.07, 6.45) is 6.57. The van der Waals surface area contributed by atoms with Crippen molar-refractivity contribution >= 4 is 57.2 Å². The first-order chi connectivity index (χ1) is 21.0. The molecule has 0 amide bonds. The summed E-state index contributed by atoms with van der Waals surface area (Å²) in [5.41, 5.74) is 18.7. The van der Waals surface area contributed by atoms with Gasteiger partial charge in [-0.15, -0.1) is 0 Å². The van der Waals surface area contributed by atoms with Gasteiger partial charge in [0.25, 0.3) is 6.71 Å². The van der Waals surface area contributed by atoms with Gasteiger partial charge in [-0.25, -0.2) is 0 Å². The molecule has 3 aliphatic rings. The van der Waals surface area contributed by atoms with Crippen LogP contribution in [0.1, 0.15) is 65.8 Å². The van der Waals surface area contributed by atoms with Crippen LogP contribution in [0.5, 0.6) is 0 Å². The van der Waals surface area contributed by atoms with E-state index in [1.165, 1.54) is 110 Å². The molecule has 0 atom stereocenters. The molecule has 0 N–H and O–H groups in total. The van der Waals surface area contributed by atoms with E-state index in [2.05, 4.69) is 135 Å². The molecule has 3 heteroatoms. The lowest BCUT2D eigenvalue weighted by atomic mass is 9.33. The van der Waals surface area contributed by atoms with Gasteiger partial charge in [-0.3, -0.25) is 0 Å². The molecule has 2 heterocycles. The minimum atomic E-state index is 0.181. The summed E-state index contributed by atoms with van der Waals surface area (Å²) < 4.78 is 0. The fourth-order valence-corrected chi connectivity index (χ4v) is 8.09. The predicted molar refractivity (Wildman–Crippen MR) is 185 cm³/mol. The van der Waals surface area contributed by atoms with Crippen LogP contribution in [0.2, 0.25) is 0 Å². The SMILES string of the molecule is Cc1ccc(N2c3ccccc3B3c4cc(C)ccc4N(c4cc(C)cc(C)c4)c4cc(C5CCCCC5)cc2c43)cc1. The van der Waals surface area contributed by atoms with Crippen molar-refractivity contribution < 1.29 is 0 Å². The number of fused-ring (bicyclic) bond motifs is 4. The van der Waals surface area contributed by atoms with Gasteiger partial charge in [0.1, 0.15) is 0 Å². The fourth-order valence-electron chi connectivity index (χ4n) is 8.09. The summed E-state index contributed by atoms with van der Waals surface area (Å²) in [4.78, 5) is 5.13. The first-order valence-electron chi connectivity index (χ1n) is 16.1. The Morgan fingerprint density at radius 3 is 1.86 bits per heavy atom. The largest absolute Gasteiger partial charge is 0.311 e. The Morgan fingerprint density at radius 1 is 0.512 bits per heavy atom. The molecule has 5 aromatic rings. The van der Waals surface area contributed by atoms with Crippen molar-refractivity contribution in [3.63, 3.8) is 0 Å². The Bertz CT molecular complexity index is 1850. The van der Waals surface area contributed by atoms with Crippen LogP contribution in [0, 0.1) is 27.7 Å². The van der Waals surface area contributed by atoms with Gasteiger partial charge >= 0.3 is 0 Å². The van der Waals surface area contributed by atoms with Gasteiger partial charge in [-0.2, -0.15) is 0 Å². The lowest BCUT2D eigenvalue weighted by molar-refractivity contribution is 0.444. The van der Waals surface area contributed by atoms with Gasteiger partial charge in [-0.1, -0.05) is 78.9 Å².